The van der Waals surface area contributed by atoms with Crippen molar-refractivity contribution in [3.05, 3.63) is 24.2 Å². The molecule has 0 amide bonds. The van der Waals surface area contributed by atoms with Crippen molar-refractivity contribution < 1.29 is 17.7 Å². The number of hydrogen-bond acceptors (Lipinski definition) is 6. The van der Waals surface area contributed by atoms with E-state index in [0.717, 1.165) is 44.8 Å². The van der Waals surface area contributed by atoms with Gasteiger partial charge < -0.3 is 14.7 Å². The molecule has 2 aliphatic rings. The fourth-order valence-corrected chi connectivity index (χ4v) is 3.20. The van der Waals surface area contributed by atoms with E-state index in [4.69, 9.17) is 0 Å². The fraction of sp³-hybridized carbons (Fsp3) is 0.533. The van der Waals surface area contributed by atoms with Gasteiger partial charge in [0.15, 0.2) is 0 Å². The van der Waals surface area contributed by atoms with Gasteiger partial charge in [-0.25, -0.2) is 4.98 Å². The lowest BCUT2D eigenvalue weighted by Crippen LogP contribution is -2.58. The number of piperidine rings is 1. The Labute approximate surface area is 136 Å². The molecule has 6 nitrogen and oxygen atoms in total. The van der Waals surface area contributed by atoms with Gasteiger partial charge >= 0.3 is 12.1 Å². The van der Waals surface area contributed by atoms with Crippen LogP contribution in [0.3, 0.4) is 0 Å². The van der Waals surface area contributed by atoms with Crippen molar-refractivity contribution in [2.45, 2.75) is 19.0 Å². The molecule has 0 unspecified atom stereocenters. The minimum atomic E-state index is -4.64. The molecule has 2 aliphatic heterocycles. The number of pyridine rings is 1. The molecule has 0 bridgehead atoms. The van der Waals surface area contributed by atoms with Crippen molar-refractivity contribution in [2.24, 2.45) is 5.41 Å². The maximum Gasteiger partial charge on any atom is 0.471 e. The summed E-state index contributed by atoms with van der Waals surface area (Å²) >= 11 is 0. The van der Waals surface area contributed by atoms with E-state index in [1.54, 1.807) is 12.1 Å². The van der Waals surface area contributed by atoms with Crippen molar-refractivity contribution in [3.63, 3.8) is 0 Å². The maximum atomic E-state index is 12.5. The Balaban J connectivity index is 1.46. The number of alkyl halides is 3. The zero-order chi connectivity index (χ0) is 16.8. The second-order valence-corrected chi connectivity index (χ2v) is 6.42. The lowest BCUT2D eigenvalue weighted by atomic mass is 9.73. The van der Waals surface area contributed by atoms with Crippen molar-refractivity contribution in [3.8, 4) is 11.4 Å². The van der Waals surface area contributed by atoms with E-state index in [1.807, 2.05) is 0 Å². The minimum Gasteiger partial charge on any atom is -0.357 e. The summed E-state index contributed by atoms with van der Waals surface area (Å²) in [7, 11) is 0. The van der Waals surface area contributed by atoms with Crippen molar-refractivity contribution in [1.29, 1.82) is 0 Å². The third-order valence-corrected chi connectivity index (χ3v) is 4.82. The highest BCUT2D eigenvalue weighted by Gasteiger charge is 2.40. The molecule has 2 aromatic rings. The van der Waals surface area contributed by atoms with Crippen LogP contribution in [0.4, 0.5) is 19.0 Å². The molecule has 4 heterocycles. The molecule has 9 heteroatoms. The van der Waals surface area contributed by atoms with Crippen LogP contribution in [0.1, 0.15) is 18.7 Å². The lowest BCUT2D eigenvalue weighted by molar-refractivity contribution is -0.159. The van der Waals surface area contributed by atoms with Gasteiger partial charge in [0, 0.05) is 37.9 Å². The first-order chi connectivity index (χ1) is 11.5. The van der Waals surface area contributed by atoms with E-state index < -0.39 is 12.1 Å². The second-order valence-electron chi connectivity index (χ2n) is 6.42. The van der Waals surface area contributed by atoms with Crippen LogP contribution < -0.4 is 10.2 Å². The first-order valence-electron chi connectivity index (χ1n) is 7.78. The molecule has 0 saturated carbocycles. The predicted molar refractivity (Wildman–Crippen MR) is 79.3 cm³/mol. The molecule has 2 saturated heterocycles. The van der Waals surface area contributed by atoms with E-state index in [2.05, 4.69) is 29.9 Å². The molecule has 0 atom stereocenters. The van der Waals surface area contributed by atoms with Crippen LogP contribution in [0.2, 0.25) is 0 Å². The molecule has 2 aromatic heterocycles. The van der Waals surface area contributed by atoms with Crippen LogP contribution in [0.5, 0.6) is 0 Å². The van der Waals surface area contributed by atoms with Gasteiger partial charge in [-0.05, 0) is 30.4 Å². The van der Waals surface area contributed by atoms with Crippen LogP contribution in [-0.4, -0.2) is 41.3 Å². The number of nitrogens with zero attached hydrogens (tertiary/aromatic N) is 4. The van der Waals surface area contributed by atoms with Gasteiger partial charge in [-0.15, -0.1) is 0 Å². The SMILES string of the molecule is FC(F)(F)c1nc(-c2ccc(N3CCC4(CC3)CNC4)nc2)no1. The molecule has 1 spiro atoms. The smallest absolute Gasteiger partial charge is 0.357 e. The van der Waals surface area contributed by atoms with Gasteiger partial charge in [-0.2, -0.15) is 18.2 Å². The average Bonchev–Trinajstić information content (AvgIpc) is 3.04. The van der Waals surface area contributed by atoms with Crippen LogP contribution >= 0.6 is 0 Å². The summed E-state index contributed by atoms with van der Waals surface area (Å²) in [6.45, 7) is 4.06. The quantitative estimate of drug-likeness (QED) is 0.906. The van der Waals surface area contributed by atoms with Crippen LogP contribution in [0.25, 0.3) is 11.4 Å². The summed E-state index contributed by atoms with van der Waals surface area (Å²) in [4.78, 5) is 9.92. The summed E-state index contributed by atoms with van der Waals surface area (Å²) in [5, 5.41) is 6.69. The van der Waals surface area contributed by atoms with E-state index in [-0.39, 0.29) is 5.82 Å². The molecular weight excluding hydrogens is 323 g/mol. The molecule has 24 heavy (non-hydrogen) atoms. The third kappa shape index (κ3) is 2.72. The van der Waals surface area contributed by atoms with E-state index >= 15 is 0 Å². The molecule has 0 radical (unpaired) electrons. The van der Waals surface area contributed by atoms with E-state index in [9.17, 15) is 13.2 Å². The van der Waals surface area contributed by atoms with Crippen molar-refractivity contribution in [1.82, 2.24) is 20.4 Å². The van der Waals surface area contributed by atoms with Crippen LogP contribution in [0.15, 0.2) is 22.9 Å². The van der Waals surface area contributed by atoms with Gasteiger partial charge in [-0.3, -0.25) is 0 Å². The Morgan fingerprint density at radius 2 is 1.92 bits per heavy atom. The zero-order valence-electron chi connectivity index (χ0n) is 12.8. The Morgan fingerprint density at radius 3 is 2.42 bits per heavy atom. The summed E-state index contributed by atoms with van der Waals surface area (Å²) in [6, 6.07) is 3.46. The molecule has 4 rings (SSSR count). The number of nitrogens with one attached hydrogen (secondary N) is 1. The first-order valence-corrected chi connectivity index (χ1v) is 7.78. The summed E-state index contributed by atoms with van der Waals surface area (Å²) < 4.78 is 41.7. The monoisotopic (exact) mass is 339 g/mol. The third-order valence-electron chi connectivity index (χ3n) is 4.82. The number of halogens is 3. The molecule has 2 fully saturated rings. The van der Waals surface area contributed by atoms with Gasteiger partial charge in [0.05, 0.1) is 0 Å². The molecular formula is C15H16F3N5O. The summed E-state index contributed by atoms with van der Waals surface area (Å²) in [5.41, 5.74) is 0.851. The zero-order valence-corrected chi connectivity index (χ0v) is 12.8. The van der Waals surface area contributed by atoms with Crippen LogP contribution in [-0.2, 0) is 6.18 Å². The first kappa shape index (κ1) is 15.4. The standard InChI is InChI=1S/C15H16F3N5O/c16-15(17,18)13-21-12(22-24-13)10-1-2-11(20-7-10)23-5-3-14(4-6-23)8-19-9-14/h1-2,7,19H,3-6,8-9H2. The highest BCUT2D eigenvalue weighted by Crippen LogP contribution is 2.36. The number of rotatable bonds is 2. The van der Waals surface area contributed by atoms with Crippen LogP contribution in [0, 0.1) is 5.41 Å². The number of anilines is 1. The lowest BCUT2D eigenvalue weighted by Gasteiger charge is -2.48. The normalized spacial score (nSPS) is 20.2. The molecule has 128 valence electrons. The molecule has 0 aromatic carbocycles. The largest absolute Gasteiger partial charge is 0.471 e. The van der Waals surface area contributed by atoms with Crippen molar-refractivity contribution in [2.75, 3.05) is 31.1 Å². The predicted octanol–water partition coefficient (Wildman–Crippen LogP) is 2.34. The molecule has 0 aliphatic carbocycles. The Morgan fingerprint density at radius 1 is 1.17 bits per heavy atom. The van der Waals surface area contributed by atoms with Gasteiger partial charge in [0.25, 0.3) is 0 Å². The van der Waals surface area contributed by atoms with E-state index in [0.29, 0.717) is 11.0 Å². The number of aromatic nitrogens is 3. The highest BCUT2D eigenvalue weighted by atomic mass is 19.4. The topological polar surface area (TPSA) is 67.1 Å². The fourth-order valence-electron chi connectivity index (χ4n) is 3.20. The second kappa shape index (κ2) is 5.44. The van der Waals surface area contributed by atoms with Crippen molar-refractivity contribution >= 4 is 5.82 Å². The summed E-state index contributed by atoms with van der Waals surface area (Å²) in [5.74, 6) is -0.642. The Bertz CT molecular complexity index is 713. The number of hydrogen-bond donors (Lipinski definition) is 1. The minimum absolute atomic E-state index is 0.112. The highest BCUT2D eigenvalue weighted by molar-refractivity contribution is 5.56. The average molecular weight is 339 g/mol. The van der Waals surface area contributed by atoms with Gasteiger partial charge in [0.2, 0.25) is 5.82 Å². The van der Waals surface area contributed by atoms with Gasteiger partial charge in [0.1, 0.15) is 5.82 Å². The molecule has 1 N–H and O–H groups in total. The maximum absolute atomic E-state index is 12.5. The Hall–Kier alpha value is -2.16. The summed E-state index contributed by atoms with van der Waals surface area (Å²) in [6.07, 6.45) is -0.902. The van der Waals surface area contributed by atoms with Gasteiger partial charge in [-0.1, -0.05) is 5.16 Å². The Kier molecular flexibility index (Phi) is 3.48. The van der Waals surface area contributed by atoms with E-state index in [1.165, 1.54) is 6.20 Å².